The molecule has 1 amide bonds. The van der Waals surface area contributed by atoms with E-state index in [2.05, 4.69) is 76.9 Å². The number of nitrogens with zero attached hydrogens (tertiary/aromatic N) is 4. The number of ether oxygens (including phenoxy) is 1. The van der Waals surface area contributed by atoms with E-state index in [4.69, 9.17) is 9.72 Å². The lowest BCUT2D eigenvalue weighted by molar-refractivity contribution is 0.102. The van der Waals surface area contributed by atoms with Crippen LogP contribution in [0.3, 0.4) is 0 Å². The first-order chi connectivity index (χ1) is 20.5. The summed E-state index contributed by atoms with van der Waals surface area (Å²) < 4.78 is 7.77. The number of nitrogens with one attached hydrogen (secondary N) is 3. The largest absolute Gasteiger partial charge is 0.494 e. The van der Waals surface area contributed by atoms with Gasteiger partial charge < -0.3 is 30.2 Å². The summed E-state index contributed by atoms with van der Waals surface area (Å²) in [5.74, 6) is 1.92. The van der Waals surface area contributed by atoms with Gasteiger partial charge in [-0.05, 0) is 61.9 Å². The van der Waals surface area contributed by atoms with Gasteiger partial charge in [-0.3, -0.25) is 4.79 Å². The molecule has 6 rings (SSSR count). The molecule has 42 heavy (non-hydrogen) atoms. The Kier molecular flexibility index (Phi) is 7.84. The number of amides is 1. The number of aromatic nitrogens is 3. The first kappa shape index (κ1) is 27.8. The molecule has 218 valence electrons. The third-order valence-electron chi connectivity index (χ3n) is 8.34. The van der Waals surface area contributed by atoms with Crippen LogP contribution < -0.4 is 25.6 Å². The van der Waals surface area contributed by atoms with Gasteiger partial charge in [-0.2, -0.15) is 4.98 Å². The van der Waals surface area contributed by atoms with Crippen LogP contribution in [-0.4, -0.2) is 53.2 Å². The minimum absolute atomic E-state index is 0.0843. The summed E-state index contributed by atoms with van der Waals surface area (Å²) in [6.45, 7) is 9.30. The molecular weight excluding hydrogens is 526 g/mol. The van der Waals surface area contributed by atoms with Gasteiger partial charge in [0, 0.05) is 66.8 Å². The fourth-order valence-corrected chi connectivity index (χ4v) is 6.07. The van der Waals surface area contributed by atoms with Gasteiger partial charge in [-0.1, -0.05) is 32.0 Å². The molecule has 2 aliphatic heterocycles. The Morgan fingerprint density at radius 2 is 1.93 bits per heavy atom. The van der Waals surface area contributed by atoms with Gasteiger partial charge in [0.15, 0.2) is 0 Å². The summed E-state index contributed by atoms with van der Waals surface area (Å²) in [6, 6.07) is 14.8. The molecule has 9 heteroatoms. The van der Waals surface area contributed by atoms with E-state index in [1.54, 1.807) is 7.11 Å². The van der Waals surface area contributed by atoms with Crippen molar-refractivity contribution in [2.24, 2.45) is 0 Å². The second-order valence-corrected chi connectivity index (χ2v) is 11.0. The van der Waals surface area contributed by atoms with Gasteiger partial charge in [0.05, 0.1) is 18.4 Å². The Morgan fingerprint density at radius 1 is 1.12 bits per heavy atom. The lowest BCUT2D eigenvalue weighted by Crippen LogP contribution is -2.49. The average Bonchev–Trinajstić information content (AvgIpc) is 3.46. The van der Waals surface area contributed by atoms with Gasteiger partial charge >= 0.3 is 0 Å². The van der Waals surface area contributed by atoms with Gasteiger partial charge in [0.2, 0.25) is 5.95 Å². The summed E-state index contributed by atoms with van der Waals surface area (Å²) in [7, 11) is 1.68. The molecule has 0 spiro atoms. The molecule has 2 aromatic carbocycles. The molecule has 1 fully saturated rings. The van der Waals surface area contributed by atoms with E-state index in [9.17, 15) is 4.79 Å². The predicted octanol–water partition coefficient (Wildman–Crippen LogP) is 5.29. The molecule has 2 aromatic heterocycles. The topological polar surface area (TPSA) is 96.3 Å². The number of piperazine rings is 1. The zero-order valence-corrected chi connectivity index (χ0v) is 24.8. The Hall–Kier alpha value is -4.37. The number of fused-ring (bicyclic) bond motifs is 3. The minimum atomic E-state index is -0.0843. The van der Waals surface area contributed by atoms with Crippen molar-refractivity contribution < 1.29 is 9.53 Å². The fraction of sp³-hybridized carbons (Fsp3) is 0.364. The molecule has 4 aromatic rings. The van der Waals surface area contributed by atoms with E-state index in [0.29, 0.717) is 17.6 Å². The van der Waals surface area contributed by atoms with Crippen molar-refractivity contribution >= 4 is 28.9 Å². The first-order valence-corrected chi connectivity index (χ1v) is 14.9. The highest BCUT2D eigenvalue weighted by Gasteiger charge is 2.25. The molecule has 0 bridgehead atoms. The van der Waals surface area contributed by atoms with Crippen molar-refractivity contribution in [2.75, 3.05) is 42.3 Å². The number of anilines is 4. The van der Waals surface area contributed by atoms with Crippen LogP contribution in [0.4, 0.5) is 23.0 Å². The molecule has 0 radical (unpaired) electrons. The Morgan fingerprint density at radius 3 is 2.67 bits per heavy atom. The van der Waals surface area contributed by atoms with Crippen LogP contribution >= 0.6 is 0 Å². The fourth-order valence-electron chi connectivity index (χ4n) is 6.07. The lowest BCUT2D eigenvalue weighted by Gasteiger charge is -2.34. The van der Waals surface area contributed by atoms with E-state index >= 15 is 0 Å². The van der Waals surface area contributed by atoms with E-state index in [1.165, 1.54) is 0 Å². The first-order valence-electron chi connectivity index (χ1n) is 14.9. The van der Waals surface area contributed by atoms with Crippen molar-refractivity contribution in [3.63, 3.8) is 0 Å². The van der Waals surface area contributed by atoms with Gasteiger partial charge in [0.1, 0.15) is 11.6 Å². The smallest absolute Gasteiger partial charge is 0.257 e. The number of rotatable bonds is 8. The van der Waals surface area contributed by atoms with Gasteiger partial charge in [-0.25, -0.2) is 4.98 Å². The van der Waals surface area contributed by atoms with Crippen LogP contribution in [0.25, 0.3) is 5.82 Å². The maximum Gasteiger partial charge on any atom is 0.257 e. The maximum absolute atomic E-state index is 13.5. The van der Waals surface area contributed by atoms with E-state index < -0.39 is 0 Å². The number of carbonyl (C=O) groups is 1. The molecule has 2 aliphatic rings. The number of methoxy groups -OCH3 is 1. The summed E-state index contributed by atoms with van der Waals surface area (Å²) in [6.07, 6.45) is 7.05. The molecule has 1 saturated heterocycles. The average molecular weight is 566 g/mol. The van der Waals surface area contributed by atoms with Crippen LogP contribution in [0.15, 0.2) is 54.9 Å². The summed E-state index contributed by atoms with van der Waals surface area (Å²) >= 11 is 0. The van der Waals surface area contributed by atoms with E-state index in [-0.39, 0.29) is 5.91 Å². The minimum Gasteiger partial charge on any atom is -0.494 e. The Labute approximate surface area is 247 Å². The van der Waals surface area contributed by atoms with Gasteiger partial charge in [-0.15, -0.1) is 0 Å². The van der Waals surface area contributed by atoms with Crippen molar-refractivity contribution in [3.8, 4) is 11.6 Å². The Bertz CT molecular complexity index is 1590. The summed E-state index contributed by atoms with van der Waals surface area (Å²) in [5.41, 5.74) is 7.86. The molecule has 0 aliphatic carbocycles. The molecule has 3 N–H and O–H groups in total. The molecule has 1 unspecified atom stereocenters. The standard InChI is InChI=1S/C33H39N7O2/c1-5-22-8-7-9-23(6-2)30(22)37-32(41)26-14-16-40-28(26)13-10-24-19-35-33(38-31(24)40)36-27-12-11-25(18-29(27)42-4)39-17-15-34-21(3)20-39/h7-9,11-12,14,16,18-19,21,34H,5-6,10,13,15,17,20H2,1-4H3,(H,37,41)(H,35,36,38). The Balaban J connectivity index is 1.25. The van der Waals surface area contributed by atoms with Gasteiger partial charge in [0.25, 0.3) is 5.91 Å². The highest BCUT2D eigenvalue weighted by atomic mass is 16.5. The second-order valence-electron chi connectivity index (χ2n) is 11.0. The highest BCUT2D eigenvalue weighted by molar-refractivity contribution is 6.06. The van der Waals surface area contributed by atoms with Crippen molar-refractivity contribution in [1.82, 2.24) is 19.9 Å². The zero-order chi connectivity index (χ0) is 29.2. The lowest BCUT2D eigenvalue weighted by atomic mass is 10.0. The maximum atomic E-state index is 13.5. The van der Waals surface area contributed by atoms with Crippen molar-refractivity contribution in [2.45, 2.75) is 52.5 Å². The number of para-hydroxylation sites is 1. The molecule has 0 saturated carbocycles. The number of carbonyl (C=O) groups excluding carboxylic acids is 1. The molecule has 1 atom stereocenters. The van der Waals surface area contributed by atoms with Crippen LogP contribution in [0.2, 0.25) is 0 Å². The second kappa shape index (κ2) is 11.9. The number of aryl methyl sites for hydroxylation is 3. The molecule has 9 nitrogen and oxygen atoms in total. The third-order valence-corrected chi connectivity index (χ3v) is 8.34. The van der Waals surface area contributed by atoms with E-state index in [1.807, 2.05) is 29.1 Å². The predicted molar refractivity (Wildman–Crippen MR) is 168 cm³/mol. The highest BCUT2D eigenvalue weighted by Crippen LogP contribution is 2.33. The molecular formula is C33H39N7O2. The van der Waals surface area contributed by atoms with Crippen molar-refractivity contribution in [1.29, 1.82) is 0 Å². The number of benzene rings is 2. The zero-order valence-electron chi connectivity index (χ0n) is 24.8. The van der Waals surface area contributed by atoms with E-state index in [0.717, 1.165) is 96.3 Å². The van der Waals surface area contributed by atoms with Crippen LogP contribution in [0.5, 0.6) is 5.75 Å². The number of hydrogen-bond acceptors (Lipinski definition) is 7. The van der Waals surface area contributed by atoms with Crippen LogP contribution in [0, 0.1) is 0 Å². The number of hydrogen-bond donors (Lipinski definition) is 3. The SMILES string of the molecule is CCc1cccc(CC)c1NC(=O)c1ccn2c1CCc1cnc(Nc3ccc(N4CCNC(C)C4)cc3OC)nc1-2. The monoisotopic (exact) mass is 565 g/mol. The van der Waals surface area contributed by atoms with Crippen LogP contribution in [0.1, 0.15) is 53.5 Å². The third kappa shape index (κ3) is 5.32. The van der Waals surface area contributed by atoms with Crippen molar-refractivity contribution in [3.05, 3.63) is 82.8 Å². The van der Waals surface area contributed by atoms with Crippen LogP contribution in [-0.2, 0) is 25.7 Å². The summed E-state index contributed by atoms with van der Waals surface area (Å²) in [5, 5.41) is 10.1. The normalized spacial score (nSPS) is 16.0. The molecule has 4 heterocycles. The quantitative estimate of drug-likeness (QED) is 0.267. The summed E-state index contributed by atoms with van der Waals surface area (Å²) in [4.78, 5) is 25.4.